The van der Waals surface area contributed by atoms with Gasteiger partial charge in [0.25, 0.3) is 0 Å². The van der Waals surface area contributed by atoms with Gasteiger partial charge in [-0.3, -0.25) is 0 Å². The van der Waals surface area contributed by atoms with Crippen molar-refractivity contribution in [1.82, 2.24) is 4.98 Å². The SMILES string of the molecule is Cc1ccc(-c2nc(-c3cccc(N)c3)cs2)cc1. The third-order valence-electron chi connectivity index (χ3n) is 2.99. The Morgan fingerprint density at radius 2 is 1.79 bits per heavy atom. The van der Waals surface area contributed by atoms with Crippen LogP contribution in [-0.4, -0.2) is 4.98 Å². The maximum absolute atomic E-state index is 5.81. The summed E-state index contributed by atoms with van der Waals surface area (Å²) in [6.45, 7) is 2.09. The summed E-state index contributed by atoms with van der Waals surface area (Å²) >= 11 is 1.66. The Balaban J connectivity index is 1.97. The van der Waals surface area contributed by atoms with E-state index in [-0.39, 0.29) is 0 Å². The molecule has 0 unspecified atom stereocenters. The Morgan fingerprint density at radius 3 is 2.53 bits per heavy atom. The molecule has 0 aliphatic heterocycles. The first kappa shape index (κ1) is 11.9. The van der Waals surface area contributed by atoms with E-state index in [2.05, 4.69) is 41.6 Å². The molecular weight excluding hydrogens is 252 g/mol. The summed E-state index contributed by atoms with van der Waals surface area (Å²) in [7, 11) is 0. The highest BCUT2D eigenvalue weighted by Crippen LogP contribution is 2.29. The molecule has 0 aliphatic rings. The number of benzene rings is 2. The summed E-state index contributed by atoms with van der Waals surface area (Å²) in [6.07, 6.45) is 0. The number of aryl methyl sites for hydroxylation is 1. The Morgan fingerprint density at radius 1 is 1.00 bits per heavy atom. The Bertz CT molecular complexity index is 699. The second kappa shape index (κ2) is 4.86. The highest BCUT2D eigenvalue weighted by molar-refractivity contribution is 7.13. The molecule has 1 heterocycles. The van der Waals surface area contributed by atoms with Gasteiger partial charge in [-0.1, -0.05) is 42.0 Å². The van der Waals surface area contributed by atoms with Gasteiger partial charge < -0.3 is 5.73 Å². The molecule has 2 N–H and O–H groups in total. The standard InChI is InChI=1S/C16H14N2S/c1-11-5-7-12(8-6-11)16-18-15(10-19-16)13-3-2-4-14(17)9-13/h2-10H,17H2,1H3. The first-order chi connectivity index (χ1) is 9.22. The minimum Gasteiger partial charge on any atom is -0.399 e. The van der Waals surface area contributed by atoms with Crippen molar-refractivity contribution in [3.63, 3.8) is 0 Å². The summed E-state index contributed by atoms with van der Waals surface area (Å²) in [4.78, 5) is 4.68. The molecule has 0 amide bonds. The van der Waals surface area contributed by atoms with Crippen molar-refractivity contribution in [3.8, 4) is 21.8 Å². The highest BCUT2D eigenvalue weighted by atomic mass is 32.1. The second-order valence-electron chi connectivity index (χ2n) is 4.53. The number of anilines is 1. The molecule has 0 aliphatic carbocycles. The monoisotopic (exact) mass is 266 g/mol. The summed E-state index contributed by atoms with van der Waals surface area (Å²) in [5, 5.41) is 3.11. The maximum atomic E-state index is 5.81. The quantitative estimate of drug-likeness (QED) is 0.700. The largest absolute Gasteiger partial charge is 0.399 e. The molecule has 3 rings (SSSR count). The lowest BCUT2D eigenvalue weighted by atomic mass is 10.1. The van der Waals surface area contributed by atoms with Crippen molar-refractivity contribution >= 4 is 17.0 Å². The maximum Gasteiger partial charge on any atom is 0.124 e. The summed E-state index contributed by atoms with van der Waals surface area (Å²) in [6, 6.07) is 16.3. The predicted molar refractivity (Wildman–Crippen MR) is 82.1 cm³/mol. The number of thiazole rings is 1. The zero-order valence-electron chi connectivity index (χ0n) is 10.6. The van der Waals surface area contributed by atoms with Crippen LogP contribution < -0.4 is 5.73 Å². The molecule has 0 fully saturated rings. The van der Waals surface area contributed by atoms with Crippen LogP contribution in [0.25, 0.3) is 21.8 Å². The molecule has 1 aromatic heterocycles. The first-order valence-corrected chi connectivity index (χ1v) is 6.99. The summed E-state index contributed by atoms with van der Waals surface area (Å²) in [5.41, 5.74) is 11.0. The fourth-order valence-corrected chi connectivity index (χ4v) is 2.77. The third kappa shape index (κ3) is 2.51. The molecule has 0 saturated carbocycles. The molecule has 2 nitrogen and oxygen atoms in total. The van der Waals surface area contributed by atoms with E-state index in [4.69, 9.17) is 5.73 Å². The molecule has 0 bridgehead atoms. The fraction of sp³-hybridized carbons (Fsp3) is 0.0625. The number of hydrogen-bond acceptors (Lipinski definition) is 3. The molecule has 19 heavy (non-hydrogen) atoms. The van der Waals surface area contributed by atoms with Crippen LogP contribution in [0.2, 0.25) is 0 Å². The number of nitrogen functional groups attached to an aromatic ring is 1. The zero-order valence-corrected chi connectivity index (χ0v) is 11.4. The van der Waals surface area contributed by atoms with E-state index in [0.29, 0.717) is 0 Å². The zero-order chi connectivity index (χ0) is 13.2. The number of aromatic nitrogens is 1. The van der Waals surface area contributed by atoms with Crippen LogP contribution >= 0.6 is 11.3 Å². The van der Waals surface area contributed by atoms with Gasteiger partial charge in [0.15, 0.2) is 0 Å². The van der Waals surface area contributed by atoms with E-state index < -0.39 is 0 Å². The lowest BCUT2D eigenvalue weighted by molar-refractivity contribution is 1.39. The molecule has 0 atom stereocenters. The lowest BCUT2D eigenvalue weighted by Gasteiger charge is -1.99. The van der Waals surface area contributed by atoms with Crippen LogP contribution in [0, 0.1) is 6.92 Å². The van der Waals surface area contributed by atoms with Gasteiger partial charge in [0, 0.05) is 22.2 Å². The van der Waals surface area contributed by atoms with Gasteiger partial charge in [0.2, 0.25) is 0 Å². The fourth-order valence-electron chi connectivity index (χ4n) is 1.93. The van der Waals surface area contributed by atoms with Crippen LogP contribution in [0.5, 0.6) is 0 Å². The smallest absolute Gasteiger partial charge is 0.124 e. The van der Waals surface area contributed by atoms with Crippen LogP contribution in [-0.2, 0) is 0 Å². The number of rotatable bonds is 2. The third-order valence-corrected chi connectivity index (χ3v) is 3.88. The number of hydrogen-bond donors (Lipinski definition) is 1. The normalized spacial score (nSPS) is 10.6. The average Bonchev–Trinajstić information content (AvgIpc) is 2.89. The molecule has 0 saturated heterocycles. The van der Waals surface area contributed by atoms with Crippen LogP contribution in [0.4, 0.5) is 5.69 Å². The van der Waals surface area contributed by atoms with E-state index in [1.54, 1.807) is 11.3 Å². The minimum absolute atomic E-state index is 0.766. The molecule has 0 radical (unpaired) electrons. The van der Waals surface area contributed by atoms with E-state index >= 15 is 0 Å². The number of nitrogens with zero attached hydrogens (tertiary/aromatic N) is 1. The average molecular weight is 266 g/mol. The van der Waals surface area contributed by atoms with Gasteiger partial charge in [-0.05, 0) is 19.1 Å². The van der Waals surface area contributed by atoms with Gasteiger partial charge in [-0.15, -0.1) is 11.3 Å². The number of nitrogens with two attached hydrogens (primary N) is 1. The molecule has 0 spiro atoms. The summed E-state index contributed by atoms with van der Waals surface area (Å²) < 4.78 is 0. The van der Waals surface area contributed by atoms with E-state index in [1.165, 1.54) is 5.56 Å². The van der Waals surface area contributed by atoms with Gasteiger partial charge in [0.05, 0.1) is 5.69 Å². The van der Waals surface area contributed by atoms with Gasteiger partial charge in [0.1, 0.15) is 5.01 Å². The van der Waals surface area contributed by atoms with E-state index in [9.17, 15) is 0 Å². The van der Waals surface area contributed by atoms with Crippen molar-refractivity contribution in [1.29, 1.82) is 0 Å². The molecule has 3 heteroatoms. The predicted octanol–water partition coefficient (Wildman–Crippen LogP) is 4.37. The van der Waals surface area contributed by atoms with Crippen molar-refractivity contribution in [3.05, 3.63) is 59.5 Å². The minimum atomic E-state index is 0.766. The van der Waals surface area contributed by atoms with E-state index in [1.807, 2.05) is 24.3 Å². The molecule has 2 aromatic carbocycles. The summed E-state index contributed by atoms with van der Waals surface area (Å²) in [5.74, 6) is 0. The van der Waals surface area contributed by atoms with Crippen molar-refractivity contribution in [2.45, 2.75) is 6.92 Å². The topological polar surface area (TPSA) is 38.9 Å². The van der Waals surface area contributed by atoms with Crippen LogP contribution in [0.1, 0.15) is 5.56 Å². The lowest BCUT2D eigenvalue weighted by Crippen LogP contribution is -1.85. The van der Waals surface area contributed by atoms with Gasteiger partial charge >= 0.3 is 0 Å². The molecular formula is C16H14N2S. The second-order valence-corrected chi connectivity index (χ2v) is 5.39. The Kier molecular flexibility index (Phi) is 3.05. The Labute approximate surface area is 116 Å². The van der Waals surface area contributed by atoms with Crippen molar-refractivity contribution < 1.29 is 0 Å². The Hall–Kier alpha value is -2.13. The van der Waals surface area contributed by atoms with Crippen molar-refractivity contribution in [2.24, 2.45) is 0 Å². The van der Waals surface area contributed by atoms with Gasteiger partial charge in [-0.25, -0.2) is 4.98 Å². The molecule has 94 valence electrons. The highest BCUT2D eigenvalue weighted by Gasteiger charge is 2.06. The van der Waals surface area contributed by atoms with E-state index in [0.717, 1.165) is 27.5 Å². The van der Waals surface area contributed by atoms with Crippen molar-refractivity contribution in [2.75, 3.05) is 5.73 Å². The van der Waals surface area contributed by atoms with Crippen LogP contribution in [0.15, 0.2) is 53.9 Å². The van der Waals surface area contributed by atoms with Crippen LogP contribution in [0.3, 0.4) is 0 Å². The first-order valence-electron chi connectivity index (χ1n) is 6.11. The van der Waals surface area contributed by atoms with Gasteiger partial charge in [-0.2, -0.15) is 0 Å². The molecule has 3 aromatic rings.